The van der Waals surface area contributed by atoms with Gasteiger partial charge < -0.3 is 15.6 Å². The maximum atomic E-state index is 10.4. The molecule has 1 aromatic carbocycles. The molecular weight excluding hydrogens is 282 g/mol. The summed E-state index contributed by atoms with van der Waals surface area (Å²) >= 11 is 7.50. The predicted molar refractivity (Wildman–Crippen MR) is 79.1 cm³/mol. The molecule has 0 saturated carbocycles. The second kappa shape index (κ2) is 6.39. The average Bonchev–Trinajstić information content (AvgIpc) is 2.86. The van der Waals surface area contributed by atoms with Gasteiger partial charge in [0, 0.05) is 12.5 Å². The Kier molecular flexibility index (Phi) is 4.82. The maximum Gasteiger partial charge on any atom is 0.118 e. The molecule has 5 heteroatoms. The van der Waals surface area contributed by atoms with Crippen molar-refractivity contribution in [1.29, 1.82) is 0 Å². The molecule has 2 atom stereocenters. The first-order chi connectivity index (χ1) is 9.17. The summed E-state index contributed by atoms with van der Waals surface area (Å²) in [6.45, 7) is 0.349. The molecule has 0 aliphatic rings. The molecule has 0 fully saturated rings. The predicted octanol–water partition coefficient (Wildman–Crippen LogP) is 3.19. The lowest BCUT2D eigenvalue weighted by Crippen LogP contribution is -2.19. The number of benzene rings is 1. The van der Waals surface area contributed by atoms with Crippen molar-refractivity contribution in [1.82, 2.24) is 0 Å². The van der Waals surface area contributed by atoms with Crippen molar-refractivity contribution in [2.45, 2.75) is 12.0 Å². The maximum absolute atomic E-state index is 10.4. The number of hydrogen-bond acceptors (Lipinski definition) is 4. The number of ether oxygens (including phenoxy) is 1. The van der Waals surface area contributed by atoms with E-state index in [-0.39, 0.29) is 5.92 Å². The molecule has 3 N–H and O–H groups in total. The standard InChI is InChI=1S/C14H16ClNO2S/c1-18-10-4-2-9(3-5-10)11(8-16)13(17)14-12(15)6-7-19-14/h2-7,11,13,17H,8,16H2,1H3. The Morgan fingerprint density at radius 1 is 1.32 bits per heavy atom. The van der Waals surface area contributed by atoms with Gasteiger partial charge in [0.15, 0.2) is 0 Å². The molecule has 0 spiro atoms. The van der Waals surface area contributed by atoms with Gasteiger partial charge in [0.05, 0.1) is 23.1 Å². The highest BCUT2D eigenvalue weighted by Crippen LogP contribution is 2.37. The Labute approximate surface area is 121 Å². The minimum Gasteiger partial charge on any atom is -0.497 e. The van der Waals surface area contributed by atoms with Crippen LogP contribution in [0, 0.1) is 0 Å². The van der Waals surface area contributed by atoms with E-state index in [1.807, 2.05) is 29.6 Å². The summed E-state index contributed by atoms with van der Waals surface area (Å²) in [5.41, 5.74) is 6.78. The molecule has 1 aromatic heterocycles. The van der Waals surface area contributed by atoms with Gasteiger partial charge in [0.25, 0.3) is 0 Å². The Balaban J connectivity index is 2.26. The van der Waals surface area contributed by atoms with Gasteiger partial charge in [0.1, 0.15) is 5.75 Å². The summed E-state index contributed by atoms with van der Waals surface area (Å²) < 4.78 is 5.12. The van der Waals surface area contributed by atoms with Gasteiger partial charge >= 0.3 is 0 Å². The van der Waals surface area contributed by atoms with E-state index in [4.69, 9.17) is 22.1 Å². The SMILES string of the molecule is COc1ccc(C(CN)C(O)c2sccc2Cl)cc1. The van der Waals surface area contributed by atoms with Crippen LogP contribution in [0.4, 0.5) is 0 Å². The minimum atomic E-state index is -0.689. The van der Waals surface area contributed by atoms with Crippen molar-refractivity contribution < 1.29 is 9.84 Å². The highest BCUT2D eigenvalue weighted by molar-refractivity contribution is 7.10. The molecule has 0 aliphatic carbocycles. The van der Waals surface area contributed by atoms with Gasteiger partial charge in [0.2, 0.25) is 0 Å². The summed E-state index contributed by atoms with van der Waals surface area (Å²) in [5.74, 6) is 0.602. The van der Waals surface area contributed by atoms with E-state index >= 15 is 0 Å². The van der Waals surface area contributed by atoms with Crippen LogP contribution in [0.2, 0.25) is 5.02 Å². The second-order valence-corrected chi connectivity index (χ2v) is 5.55. The third-order valence-corrected chi connectivity index (χ3v) is 4.52. The normalized spacial score (nSPS) is 14.1. The van der Waals surface area contributed by atoms with E-state index in [9.17, 15) is 5.11 Å². The van der Waals surface area contributed by atoms with E-state index in [1.54, 1.807) is 13.2 Å². The highest BCUT2D eigenvalue weighted by Gasteiger charge is 2.24. The van der Waals surface area contributed by atoms with Crippen molar-refractivity contribution in [2.24, 2.45) is 5.73 Å². The van der Waals surface area contributed by atoms with E-state index in [1.165, 1.54) is 11.3 Å². The summed E-state index contributed by atoms with van der Waals surface area (Å²) in [6.07, 6.45) is -0.689. The topological polar surface area (TPSA) is 55.5 Å². The summed E-state index contributed by atoms with van der Waals surface area (Å²) in [5, 5.41) is 12.9. The Morgan fingerprint density at radius 3 is 2.47 bits per heavy atom. The zero-order chi connectivity index (χ0) is 13.8. The van der Waals surface area contributed by atoms with Crippen LogP contribution in [0.25, 0.3) is 0 Å². The summed E-state index contributed by atoms with van der Waals surface area (Å²) in [6, 6.07) is 9.34. The number of halogens is 1. The number of methoxy groups -OCH3 is 1. The molecule has 2 unspecified atom stereocenters. The highest BCUT2D eigenvalue weighted by atomic mass is 35.5. The van der Waals surface area contributed by atoms with Crippen LogP contribution in [-0.2, 0) is 0 Å². The number of thiophene rings is 1. The monoisotopic (exact) mass is 297 g/mol. The number of rotatable bonds is 5. The van der Waals surface area contributed by atoms with E-state index in [0.29, 0.717) is 11.6 Å². The molecule has 0 aliphatic heterocycles. The molecular formula is C14H16ClNO2S. The lowest BCUT2D eigenvalue weighted by atomic mass is 9.92. The zero-order valence-corrected chi connectivity index (χ0v) is 12.1. The average molecular weight is 298 g/mol. The van der Waals surface area contributed by atoms with Crippen LogP contribution < -0.4 is 10.5 Å². The largest absolute Gasteiger partial charge is 0.497 e. The van der Waals surface area contributed by atoms with Crippen molar-refractivity contribution in [3.8, 4) is 5.75 Å². The third-order valence-electron chi connectivity index (χ3n) is 3.09. The number of aliphatic hydroxyl groups excluding tert-OH is 1. The zero-order valence-electron chi connectivity index (χ0n) is 10.5. The van der Waals surface area contributed by atoms with Gasteiger partial charge in [-0.3, -0.25) is 0 Å². The molecule has 3 nitrogen and oxygen atoms in total. The number of hydrogen-bond donors (Lipinski definition) is 2. The van der Waals surface area contributed by atoms with Crippen molar-refractivity contribution in [3.63, 3.8) is 0 Å². The van der Waals surface area contributed by atoms with Crippen molar-refractivity contribution >= 4 is 22.9 Å². The fourth-order valence-electron chi connectivity index (χ4n) is 2.00. The van der Waals surface area contributed by atoms with Crippen LogP contribution in [0.5, 0.6) is 5.75 Å². The van der Waals surface area contributed by atoms with Gasteiger partial charge in [-0.2, -0.15) is 0 Å². The molecule has 2 rings (SSSR count). The van der Waals surface area contributed by atoms with Gasteiger partial charge in [-0.1, -0.05) is 23.7 Å². The first kappa shape index (κ1) is 14.3. The summed E-state index contributed by atoms with van der Waals surface area (Å²) in [7, 11) is 1.62. The first-order valence-corrected chi connectivity index (χ1v) is 7.18. The summed E-state index contributed by atoms with van der Waals surface area (Å²) in [4.78, 5) is 0.757. The van der Waals surface area contributed by atoms with Crippen LogP contribution in [0.1, 0.15) is 22.5 Å². The molecule has 2 aromatic rings. The number of aliphatic hydroxyl groups is 1. The lowest BCUT2D eigenvalue weighted by molar-refractivity contribution is 0.151. The Morgan fingerprint density at radius 2 is 2.00 bits per heavy atom. The van der Waals surface area contributed by atoms with Crippen molar-refractivity contribution in [2.75, 3.05) is 13.7 Å². The van der Waals surface area contributed by atoms with E-state index in [0.717, 1.165) is 16.2 Å². The fraction of sp³-hybridized carbons (Fsp3) is 0.286. The van der Waals surface area contributed by atoms with E-state index < -0.39 is 6.10 Å². The second-order valence-electron chi connectivity index (χ2n) is 4.19. The van der Waals surface area contributed by atoms with Crippen molar-refractivity contribution in [3.05, 3.63) is 51.2 Å². The molecule has 19 heavy (non-hydrogen) atoms. The molecule has 0 saturated heterocycles. The van der Waals surface area contributed by atoms with Gasteiger partial charge in [-0.15, -0.1) is 11.3 Å². The fourth-order valence-corrected chi connectivity index (χ4v) is 3.22. The third kappa shape index (κ3) is 3.09. The molecule has 0 radical (unpaired) electrons. The number of nitrogens with two attached hydrogens (primary N) is 1. The van der Waals surface area contributed by atoms with Crippen LogP contribution in [-0.4, -0.2) is 18.8 Å². The van der Waals surface area contributed by atoms with Crippen LogP contribution in [0.15, 0.2) is 35.7 Å². The molecule has 1 heterocycles. The Bertz CT molecular complexity index is 526. The van der Waals surface area contributed by atoms with E-state index in [2.05, 4.69) is 0 Å². The van der Waals surface area contributed by atoms with Crippen LogP contribution >= 0.6 is 22.9 Å². The first-order valence-electron chi connectivity index (χ1n) is 5.92. The molecule has 0 amide bonds. The van der Waals surface area contributed by atoms with Crippen LogP contribution in [0.3, 0.4) is 0 Å². The smallest absolute Gasteiger partial charge is 0.118 e. The molecule has 102 valence electrons. The quantitative estimate of drug-likeness (QED) is 0.891. The van der Waals surface area contributed by atoms with Gasteiger partial charge in [-0.25, -0.2) is 0 Å². The lowest BCUT2D eigenvalue weighted by Gasteiger charge is -2.21. The Hall–Kier alpha value is -1.07. The molecule has 0 bridgehead atoms. The van der Waals surface area contributed by atoms with Gasteiger partial charge in [-0.05, 0) is 29.1 Å². The minimum absolute atomic E-state index is 0.179.